The fraction of sp³-hybridized carbons (Fsp3) is 0.562. The van der Waals surface area contributed by atoms with E-state index >= 15 is 0 Å². The molecule has 0 fully saturated rings. The predicted octanol–water partition coefficient (Wildman–Crippen LogP) is 4.38. The Morgan fingerprint density at radius 3 is 2.70 bits per heavy atom. The first-order chi connectivity index (χ1) is 9.65. The summed E-state index contributed by atoms with van der Waals surface area (Å²) in [5.74, 6) is 0.555. The van der Waals surface area contributed by atoms with Crippen molar-refractivity contribution in [3.8, 4) is 0 Å². The summed E-state index contributed by atoms with van der Waals surface area (Å²) < 4.78 is 13.7. The SMILES string of the molecule is CCC(CC)C1CN=C(NC(C)c2ccccc2F)S1. The highest BCUT2D eigenvalue weighted by atomic mass is 32.2. The molecule has 4 heteroatoms. The van der Waals surface area contributed by atoms with Gasteiger partial charge < -0.3 is 5.32 Å². The van der Waals surface area contributed by atoms with Crippen molar-refractivity contribution >= 4 is 16.9 Å². The molecule has 0 bridgehead atoms. The summed E-state index contributed by atoms with van der Waals surface area (Å²) in [5.41, 5.74) is 0.696. The Morgan fingerprint density at radius 1 is 1.35 bits per heavy atom. The normalized spacial score (nSPS) is 20.1. The molecule has 0 radical (unpaired) electrons. The Morgan fingerprint density at radius 2 is 2.05 bits per heavy atom. The van der Waals surface area contributed by atoms with Crippen LogP contribution in [0.25, 0.3) is 0 Å². The van der Waals surface area contributed by atoms with Crippen molar-refractivity contribution in [1.82, 2.24) is 5.32 Å². The van der Waals surface area contributed by atoms with Gasteiger partial charge in [0.25, 0.3) is 0 Å². The number of nitrogens with one attached hydrogen (secondary N) is 1. The van der Waals surface area contributed by atoms with Crippen LogP contribution in [0.5, 0.6) is 0 Å². The molecule has 2 atom stereocenters. The first-order valence-electron chi connectivity index (χ1n) is 7.37. The van der Waals surface area contributed by atoms with Gasteiger partial charge in [0.2, 0.25) is 0 Å². The van der Waals surface area contributed by atoms with Crippen molar-refractivity contribution in [2.24, 2.45) is 10.9 Å². The second kappa shape index (κ2) is 7.11. The van der Waals surface area contributed by atoms with Gasteiger partial charge in [-0.15, -0.1) is 0 Å². The van der Waals surface area contributed by atoms with Crippen LogP contribution in [0.2, 0.25) is 0 Å². The van der Waals surface area contributed by atoms with Gasteiger partial charge >= 0.3 is 0 Å². The predicted molar refractivity (Wildman–Crippen MR) is 85.7 cm³/mol. The van der Waals surface area contributed by atoms with Crippen LogP contribution >= 0.6 is 11.8 Å². The van der Waals surface area contributed by atoms with Gasteiger partial charge in [-0.3, -0.25) is 4.99 Å². The summed E-state index contributed by atoms with van der Waals surface area (Å²) in [6.07, 6.45) is 2.39. The van der Waals surface area contributed by atoms with Crippen LogP contribution in [0.1, 0.15) is 45.2 Å². The van der Waals surface area contributed by atoms with Crippen molar-refractivity contribution in [2.75, 3.05) is 6.54 Å². The van der Waals surface area contributed by atoms with Crippen molar-refractivity contribution in [3.63, 3.8) is 0 Å². The number of halogens is 1. The van der Waals surface area contributed by atoms with Gasteiger partial charge in [-0.05, 0) is 18.9 Å². The zero-order valence-electron chi connectivity index (χ0n) is 12.4. The van der Waals surface area contributed by atoms with E-state index in [1.807, 2.05) is 30.8 Å². The van der Waals surface area contributed by atoms with E-state index in [0.717, 1.165) is 11.7 Å². The quantitative estimate of drug-likeness (QED) is 0.871. The molecule has 0 aliphatic carbocycles. The van der Waals surface area contributed by atoms with Gasteiger partial charge in [-0.1, -0.05) is 56.7 Å². The third kappa shape index (κ3) is 3.54. The van der Waals surface area contributed by atoms with E-state index in [4.69, 9.17) is 0 Å². The highest BCUT2D eigenvalue weighted by Crippen LogP contribution is 2.31. The topological polar surface area (TPSA) is 24.4 Å². The minimum Gasteiger partial charge on any atom is -0.358 e. The molecule has 2 unspecified atom stereocenters. The van der Waals surface area contributed by atoms with Gasteiger partial charge in [0.05, 0.1) is 12.6 Å². The van der Waals surface area contributed by atoms with Crippen LogP contribution < -0.4 is 5.32 Å². The molecule has 0 spiro atoms. The first-order valence-corrected chi connectivity index (χ1v) is 8.25. The van der Waals surface area contributed by atoms with Crippen molar-refractivity contribution in [2.45, 2.75) is 44.9 Å². The Balaban J connectivity index is 1.94. The summed E-state index contributed by atoms with van der Waals surface area (Å²) in [4.78, 5) is 4.58. The molecule has 0 amide bonds. The molecular weight excluding hydrogens is 271 g/mol. The van der Waals surface area contributed by atoms with Gasteiger partial charge in [-0.25, -0.2) is 4.39 Å². The van der Waals surface area contributed by atoms with E-state index in [1.54, 1.807) is 6.07 Å². The molecule has 1 heterocycles. The van der Waals surface area contributed by atoms with Gasteiger partial charge in [0, 0.05) is 10.8 Å². The van der Waals surface area contributed by atoms with Crippen molar-refractivity contribution < 1.29 is 4.39 Å². The second-order valence-corrected chi connectivity index (χ2v) is 6.49. The van der Waals surface area contributed by atoms with Gasteiger partial charge in [-0.2, -0.15) is 0 Å². The van der Waals surface area contributed by atoms with Gasteiger partial charge in [0.15, 0.2) is 5.17 Å². The van der Waals surface area contributed by atoms with Crippen LogP contribution in [-0.4, -0.2) is 17.0 Å². The fourth-order valence-corrected chi connectivity index (χ4v) is 4.03. The number of nitrogens with zero attached hydrogens (tertiary/aromatic N) is 1. The van der Waals surface area contributed by atoms with Crippen LogP contribution in [-0.2, 0) is 0 Å². The molecule has 0 saturated carbocycles. The zero-order valence-corrected chi connectivity index (χ0v) is 13.2. The molecule has 2 nitrogen and oxygen atoms in total. The molecule has 1 aliphatic rings. The molecule has 20 heavy (non-hydrogen) atoms. The van der Waals surface area contributed by atoms with Gasteiger partial charge in [0.1, 0.15) is 5.82 Å². The van der Waals surface area contributed by atoms with Crippen LogP contribution in [0.4, 0.5) is 4.39 Å². The Bertz CT molecular complexity index is 471. The standard InChI is InChI=1S/C16H23FN2S/c1-4-12(5-2)15-10-18-16(20-15)19-11(3)13-8-6-7-9-14(13)17/h6-9,11-12,15H,4-5,10H2,1-3H3,(H,18,19). The lowest BCUT2D eigenvalue weighted by Gasteiger charge is -2.20. The fourth-order valence-electron chi connectivity index (χ4n) is 2.62. The van der Waals surface area contributed by atoms with E-state index < -0.39 is 0 Å². The summed E-state index contributed by atoms with van der Waals surface area (Å²) in [6.45, 7) is 7.33. The van der Waals surface area contributed by atoms with E-state index in [0.29, 0.717) is 16.7 Å². The molecule has 1 N–H and O–H groups in total. The molecule has 1 aromatic rings. The van der Waals surface area contributed by atoms with E-state index in [2.05, 4.69) is 24.2 Å². The third-order valence-electron chi connectivity index (χ3n) is 3.96. The highest BCUT2D eigenvalue weighted by molar-refractivity contribution is 8.14. The Labute approximate surface area is 125 Å². The minimum absolute atomic E-state index is 0.0529. The number of thioether (sulfide) groups is 1. The number of rotatable bonds is 5. The maximum absolute atomic E-state index is 13.7. The minimum atomic E-state index is -0.160. The number of hydrogen-bond acceptors (Lipinski definition) is 3. The monoisotopic (exact) mass is 294 g/mol. The molecule has 1 aliphatic heterocycles. The lowest BCUT2D eigenvalue weighted by Crippen LogP contribution is -2.25. The average Bonchev–Trinajstić information content (AvgIpc) is 2.89. The van der Waals surface area contributed by atoms with E-state index in [9.17, 15) is 4.39 Å². The highest BCUT2D eigenvalue weighted by Gasteiger charge is 2.26. The zero-order chi connectivity index (χ0) is 14.5. The molecule has 2 rings (SSSR count). The first kappa shape index (κ1) is 15.4. The summed E-state index contributed by atoms with van der Waals surface area (Å²) in [7, 11) is 0. The Kier molecular flexibility index (Phi) is 5.46. The number of benzene rings is 1. The summed E-state index contributed by atoms with van der Waals surface area (Å²) >= 11 is 1.81. The van der Waals surface area contributed by atoms with Crippen molar-refractivity contribution in [1.29, 1.82) is 0 Å². The number of aliphatic imine (C=N–C) groups is 1. The molecule has 110 valence electrons. The lowest BCUT2D eigenvalue weighted by atomic mass is 9.99. The maximum atomic E-state index is 13.7. The molecule has 0 aromatic heterocycles. The molecule has 0 saturated heterocycles. The number of hydrogen-bond donors (Lipinski definition) is 1. The average molecular weight is 294 g/mol. The largest absolute Gasteiger partial charge is 0.358 e. The summed E-state index contributed by atoms with van der Waals surface area (Å²) in [6, 6.07) is 6.86. The summed E-state index contributed by atoms with van der Waals surface area (Å²) in [5, 5.41) is 4.87. The molecule has 1 aromatic carbocycles. The van der Waals surface area contributed by atoms with Crippen LogP contribution in [0, 0.1) is 11.7 Å². The third-order valence-corrected chi connectivity index (χ3v) is 5.27. The second-order valence-electron chi connectivity index (χ2n) is 5.27. The number of amidine groups is 1. The van der Waals surface area contributed by atoms with Crippen LogP contribution in [0.3, 0.4) is 0 Å². The Hall–Kier alpha value is -1.03. The van der Waals surface area contributed by atoms with E-state index in [-0.39, 0.29) is 11.9 Å². The molecular formula is C16H23FN2S. The van der Waals surface area contributed by atoms with Crippen molar-refractivity contribution in [3.05, 3.63) is 35.6 Å². The van der Waals surface area contributed by atoms with E-state index in [1.165, 1.54) is 18.9 Å². The van der Waals surface area contributed by atoms with Crippen LogP contribution in [0.15, 0.2) is 29.3 Å². The maximum Gasteiger partial charge on any atom is 0.157 e. The lowest BCUT2D eigenvalue weighted by molar-refractivity contribution is 0.479. The smallest absolute Gasteiger partial charge is 0.157 e.